The number of nitrogens with zero attached hydrogens (tertiary/aromatic N) is 5. The first-order chi connectivity index (χ1) is 22.0. The van der Waals surface area contributed by atoms with Crippen LogP contribution >= 0.6 is 11.8 Å². The zero-order chi connectivity index (χ0) is 32.8. The summed E-state index contributed by atoms with van der Waals surface area (Å²) in [5.74, 6) is 0.204. The van der Waals surface area contributed by atoms with E-state index in [4.69, 9.17) is 0 Å². The van der Waals surface area contributed by atoms with Crippen LogP contribution in [-0.4, -0.2) is 57.2 Å². The van der Waals surface area contributed by atoms with Gasteiger partial charge >= 0.3 is 12.4 Å². The second-order valence-corrected chi connectivity index (χ2v) is 11.5. The highest BCUT2D eigenvalue weighted by Crippen LogP contribution is 2.31. The van der Waals surface area contributed by atoms with E-state index in [1.54, 1.807) is 11.9 Å². The molecule has 3 amide bonds. The van der Waals surface area contributed by atoms with E-state index in [2.05, 4.69) is 37.4 Å². The molecule has 1 aliphatic rings. The quantitative estimate of drug-likeness (QED) is 0.202. The van der Waals surface area contributed by atoms with Crippen molar-refractivity contribution in [2.45, 2.75) is 45.6 Å². The van der Waals surface area contributed by atoms with Gasteiger partial charge in [-0.15, -0.1) is 18.3 Å². The van der Waals surface area contributed by atoms with E-state index in [1.165, 1.54) is 47.0 Å². The number of hydrogen-bond acceptors (Lipinski definition) is 7. The third-order valence-electron chi connectivity index (χ3n) is 7.09. The lowest BCUT2D eigenvalue weighted by Crippen LogP contribution is -2.44. The molecule has 10 nitrogen and oxygen atoms in total. The van der Waals surface area contributed by atoms with Crippen LogP contribution in [0.2, 0.25) is 0 Å². The summed E-state index contributed by atoms with van der Waals surface area (Å²) >= 11 is 1.24. The number of aromatic nitrogens is 3. The molecular weight excluding hydrogens is 619 g/mol. The zero-order valence-electron chi connectivity index (χ0n) is 25.3. The second-order valence-electron chi connectivity index (χ2n) is 10.5. The summed E-state index contributed by atoms with van der Waals surface area (Å²) in [5, 5.41) is 10.7. The molecule has 1 aliphatic heterocycles. The summed E-state index contributed by atoms with van der Waals surface area (Å²) in [5.41, 5.74) is 4.99. The van der Waals surface area contributed by atoms with Crippen LogP contribution in [0.15, 0.2) is 78.0 Å². The number of hydrogen-bond donors (Lipinski definition) is 2. The fourth-order valence-corrected chi connectivity index (χ4v) is 5.74. The molecule has 1 atom stereocenters. The molecule has 46 heavy (non-hydrogen) atoms. The molecule has 240 valence electrons. The topological polar surface area (TPSA) is 114 Å². The Bertz CT molecular complexity index is 1720. The first-order valence-electron chi connectivity index (χ1n) is 14.5. The second kappa shape index (κ2) is 14.2. The summed E-state index contributed by atoms with van der Waals surface area (Å²) in [6, 6.07) is 18.2. The summed E-state index contributed by atoms with van der Waals surface area (Å²) < 4.78 is 42.7. The number of amidine groups is 1. The van der Waals surface area contributed by atoms with Crippen LogP contribution < -0.4 is 20.3 Å². The van der Waals surface area contributed by atoms with E-state index in [9.17, 15) is 22.8 Å². The number of likely N-dealkylation sites (N-methyl/N-ethyl adjacent to an activating group) is 1. The molecule has 0 aliphatic carbocycles. The number of halogens is 3. The number of thioether (sulfide) groups is 1. The molecule has 0 radical (unpaired) electrons. The number of aliphatic imine (C=N–C) groups is 1. The van der Waals surface area contributed by atoms with E-state index in [0.717, 1.165) is 40.8 Å². The molecule has 0 spiro atoms. The number of rotatable bonds is 10. The number of carbonyl (C=O) groups excluding carboxylic acids is 2. The van der Waals surface area contributed by atoms with Crippen molar-refractivity contribution in [2.75, 3.05) is 17.7 Å². The van der Waals surface area contributed by atoms with Crippen molar-refractivity contribution >= 4 is 34.6 Å². The van der Waals surface area contributed by atoms with Gasteiger partial charge in [-0.05, 0) is 67.4 Å². The van der Waals surface area contributed by atoms with Gasteiger partial charge in [-0.3, -0.25) is 9.69 Å². The van der Waals surface area contributed by atoms with Crippen molar-refractivity contribution in [2.24, 2.45) is 4.99 Å². The fraction of sp³-hybridized carbons (Fsp3) is 0.281. The Morgan fingerprint density at radius 3 is 2.52 bits per heavy atom. The summed E-state index contributed by atoms with van der Waals surface area (Å²) in [6.07, 6.45) is -1.55. The number of ether oxygens (including phenoxy) is 1. The van der Waals surface area contributed by atoms with Crippen LogP contribution in [0.1, 0.15) is 30.0 Å². The fourth-order valence-electron chi connectivity index (χ4n) is 4.88. The molecule has 1 unspecified atom stereocenters. The van der Waals surface area contributed by atoms with Crippen molar-refractivity contribution in [1.29, 1.82) is 0 Å². The summed E-state index contributed by atoms with van der Waals surface area (Å²) in [7, 11) is 1.73. The van der Waals surface area contributed by atoms with Crippen molar-refractivity contribution in [3.8, 4) is 22.8 Å². The predicted molar refractivity (Wildman–Crippen MR) is 171 cm³/mol. The smallest absolute Gasteiger partial charge is 0.406 e. The molecule has 4 aromatic rings. The minimum Gasteiger partial charge on any atom is -0.406 e. The Hall–Kier alpha value is -4.69. The molecule has 5 rings (SSSR count). The maximum Gasteiger partial charge on any atom is 0.573 e. The maximum atomic E-state index is 13.0. The third-order valence-corrected chi connectivity index (χ3v) is 8.01. The molecule has 14 heteroatoms. The van der Waals surface area contributed by atoms with E-state index >= 15 is 0 Å². The molecule has 0 bridgehead atoms. The Balaban J connectivity index is 1.22. The molecule has 1 saturated heterocycles. The lowest BCUT2D eigenvalue weighted by molar-refractivity contribution is -0.274. The highest BCUT2D eigenvalue weighted by molar-refractivity contribution is 8.15. The average Bonchev–Trinajstić information content (AvgIpc) is 3.65. The molecular formula is C32H32F3N7O3S. The molecule has 0 saturated carbocycles. The molecule has 1 fully saturated rings. The first kappa shape index (κ1) is 32.7. The minimum absolute atomic E-state index is 0.113. The monoisotopic (exact) mass is 651 g/mol. The van der Waals surface area contributed by atoms with Crippen LogP contribution in [0.3, 0.4) is 0 Å². The highest BCUT2D eigenvalue weighted by atomic mass is 32.2. The Morgan fingerprint density at radius 2 is 1.85 bits per heavy atom. The van der Waals surface area contributed by atoms with E-state index in [1.807, 2.05) is 49.4 Å². The lowest BCUT2D eigenvalue weighted by Gasteiger charge is -2.21. The number of carbonyl (C=O) groups is 2. The van der Waals surface area contributed by atoms with Crippen LogP contribution in [0, 0.1) is 6.92 Å². The van der Waals surface area contributed by atoms with Crippen LogP contribution in [0.5, 0.6) is 5.75 Å². The number of urea groups is 1. The number of benzene rings is 3. The molecule has 2 N–H and O–H groups in total. The number of aryl methyl sites for hydroxylation is 2. The summed E-state index contributed by atoms with van der Waals surface area (Å²) in [4.78, 5) is 36.0. The van der Waals surface area contributed by atoms with E-state index < -0.39 is 18.6 Å². The maximum absolute atomic E-state index is 13.0. The minimum atomic E-state index is -4.76. The van der Waals surface area contributed by atoms with Gasteiger partial charge in [0.15, 0.2) is 11.0 Å². The predicted octanol–water partition coefficient (Wildman–Crippen LogP) is 6.03. The lowest BCUT2D eigenvalue weighted by atomic mass is 10.0. The number of amides is 3. The van der Waals surface area contributed by atoms with Crippen molar-refractivity contribution < 1.29 is 27.5 Å². The normalized spacial score (nSPS) is 15.0. The van der Waals surface area contributed by atoms with Crippen molar-refractivity contribution in [1.82, 2.24) is 25.4 Å². The van der Waals surface area contributed by atoms with E-state index in [-0.39, 0.29) is 17.4 Å². The van der Waals surface area contributed by atoms with Crippen LogP contribution in [0.25, 0.3) is 17.1 Å². The van der Waals surface area contributed by atoms with Gasteiger partial charge in [-0.2, -0.15) is 4.99 Å². The van der Waals surface area contributed by atoms with Gasteiger partial charge in [-0.25, -0.2) is 14.5 Å². The van der Waals surface area contributed by atoms with Crippen LogP contribution in [-0.2, 0) is 17.6 Å². The number of alkyl halides is 3. The first-order valence-corrected chi connectivity index (χ1v) is 15.5. The largest absolute Gasteiger partial charge is 0.573 e. The average molecular weight is 652 g/mol. The SMILES string of the molecule is CCCc1ccc(C)cc1N1C(=O)CSC1=NC(=O)NC(Cc1ccc(-c2ncn(-c3ccc(OC(F)(F)F)cc3)n2)cc1)NC. The Labute approximate surface area is 268 Å². The third kappa shape index (κ3) is 8.12. The van der Waals surface area contributed by atoms with Gasteiger partial charge in [0.2, 0.25) is 5.91 Å². The number of anilines is 1. The van der Waals surface area contributed by atoms with E-state index in [0.29, 0.717) is 23.1 Å². The highest BCUT2D eigenvalue weighted by Gasteiger charge is 2.32. The van der Waals surface area contributed by atoms with Crippen molar-refractivity contribution in [3.05, 3.63) is 89.7 Å². The van der Waals surface area contributed by atoms with Crippen molar-refractivity contribution in [3.63, 3.8) is 0 Å². The summed E-state index contributed by atoms with van der Waals surface area (Å²) in [6.45, 7) is 4.04. The number of nitrogens with one attached hydrogen (secondary N) is 2. The van der Waals surface area contributed by atoms with Gasteiger partial charge in [0, 0.05) is 12.0 Å². The van der Waals surface area contributed by atoms with Gasteiger partial charge < -0.3 is 15.4 Å². The van der Waals surface area contributed by atoms with Gasteiger partial charge in [0.25, 0.3) is 0 Å². The van der Waals surface area contributed by atoms with Gasteiger partial charge in [-0.1, -0.05) is 61.5 Å². The Morgan fingerprint density at radius 1 is 1.11 bits per heavy atom. The molecule has 3 aromatic carbocycles. The molecule has 1 aromatic heterocycles. The standard InChI is InChI=1S/C32H32F3N7O3S/c1-4-5-22-9-6-20(2)16-26(22)42-28(43)18-46-31(42)39-30(44)38-27(36-3)17-21-7-10-23(11-8-21)29-37-19-41(40-29)24-12-14-25(15-13-24)45-32(33,34)35/h6-16,19,27,36H,4-5,17-18H2,1-3H3,(H,38,44). The van der Waals surface area contributed by atoms with Gasteiger partial charge in [0.1, 0.15) is 12.1 Å². The van der Waals surface area contributed by atoms with Crippen LogP contribution in [0.4, 0.5) is 23.7 Å². The molecule has 2 heterocycles. The zero-order valence-corrected chi connectivity index (χ0v) is 26.2. The Kier molecular flexibility index (Phi) is 10.1. The van der Waals surface area contributed by atoms with Gasteiger partial charge in [0.05, 0.1) is 23.3 Å².